The van der Waals surface area contributed by atoms with Gasteiger partial charge in [0.1, 0.15) is 18.0 Å². The maximum Gasteiger partial charge on any atom is 0.318 e. The summed E-state index contributed by atoms with van der Waals surface area (Å²) in [5.41, 5.74) is 6.71. The van der Waals surface area contributed by atoms with E-state index in [1.807, 2.05) is 11.8 Å². The molecule has 1 aliphatic carbocycles. The molecule has 0 bridgehead atoms. The zero-order valence-electron chi connectivity index (χ0n) is 20.3. The molecule has 1 fully saturated rings. The Labute approximate surface area is 205 Å². The Morgan fingerprint density at radius 3 is 2.54 bits per heavy atom. The number of carbonyl (C=O) groups excluding carboxylic acids is 1. The Balaban J connectivity index is 1.27. The average molecular weight is 472 g/mol. The van der Waals surface area contributed by atoms with E-state index < -0.39 is 0 Å². The number of benzene rings is 2. The molecule has 0 saturated carbocycles. The van der Waals surface area contributed by atoms with Gasteiger partial charge in [0.25, 0.3) is 0 Å². The van der Waals surface area contributed by atoms with Crippen LogP contribution in [0.5, 0.6) is 0 Å². The quantitative estimate of drug-likeness (QED) is 0.582. The van der Waals surface area contributed by atoms with Crippen LogP contribution < -0.4 is 10.2 Å². The number of allylic oxidation sites excluding steroid dienone is 1. The summed E-state index contributed by atoms with van der Waals surface area (Å²) < 4.78 is 13.2. The second-order valence-corrected chi connectivity index (χ2v) is 9.48. The number of hydrogen-bond donors (Lipinski definition) is 1. The van der Waals surface area contributed by atoms with E-state index in [-0.39, 0.29) is 23.9 Å². The summed E-state index contributed by atoms with van der Waals surface area (Å²) in [4.78, 5) is 26.3. The molecular weight excluding hydrogens is 441 g/mol. The molecule has 2 heterocycles. The number of urea groups is 1. The average Bonchev–Trinajstić information content (AvgIpc) is 3.29. The van der Waals surface area contributed by atoms with Crippen molar-refractivity contribution in [2.75, 3.05) is 24.5 Å². The minimum absolute atomic E-state index is 0.0109. The topological polar surface area (TPSA) is 61.4 Å². The van der Waals surface area contributed by atoms with E-state index in [0.717, 1.165) is 29.1 Å². The van der Waals surface area contributed by atoms with E-state index in [4.69, 9.17) is 0 Å². The van der Waals surface area contributed by atoms with Crippen LogP contribution in [0.25, 0.3) is 11.6 Å². The fraction of sp³-hybridized carbons (Fsp3) is 0.321. The lowest BCUT2D eigenvalue weighted by Crippen LogP contribution is -2.57. The van der Waals surface area contributed by atoms with Crippen LogP contribution in [-0.2, 0) is 6.42 Å². The summed E-state index contributed by atoms with van der Waals surface area (Å²) >= 11 is 0. The van der Waals surface area contributed by atoms with Gasteiger partial charge in [-0.05, 0) is 55.7 Å². The molecular formula is C28H30FN5O. The number of hydrogen-bond acceptors (Lipinski definition) is 4. The Bertz CT molecular complexity index is 1260. The molecule has 2 aliphatic rings. The van der Waals surface area contributed by atoms with Crippen molar-refractivity contribution >= 4 is 23.5 Å². The number of nitrogens with zero attached hydrogens (tertiary/aromatic N) is 4. The van der Waals surface area contributed by atoms with Gasteiger partial charge in [-0.2, -0.15) is 0 Å². The van der Waals surface area contributed by atoms with Crippen molar-refractivity contribution in [3.63, 3.8) is 0 Å². The number of nitrogens with one attached hydrogen (secondary N) is 1. The molecule has 2 amide bonds. The molecule has 5 rings (SSSR count). The highest BCUT2D eigenvalue weighted by molar-refractivity contribution is 5.91. The molecule has 7 heteroatoms. The van der Waals surface area contributed by atoms with Crippen molar-refractivity contribution in [3.8, 4) is 0 Å². The SMILES string of the molecule is Cc1ccc(C2=Cc3c(ncnc3N3CCN(C(=O)N[C@@H](C)c4ccc(F)cc4)[C@H](C)C3)C2)cc1. The number of piperazine rings is 1. The van der Waals surface area contributed by atoms with E-state index in [1.54, 1.807) is 18.5 Å². The zero-order valence-corrected chi connectivity index (χ0v) is 20.3. The van der Waals surface area contributed by atoms with Crippen LogP contribution in [0.1, 0.15) is 47.8 Å². The van der Waals surface area contributed by atoms with Gasteiger partial charge in [0.05, 0.1) is 11.7 Å². The highest BCUT2D eigenvalue weighted by atomic mass is 19.1. The highest BCUT2D eigenvalue weighted by Crippen LogP contribution is 2.35. The Hall–Kier alpha value is -3.74. The lowest BCUT2D eigenvalue weighted by atomic mass is 10.0. The number of halogens is 1. The maximum absolute atomic E-state index is 13.2. The van der Waals surface area contributed by atoms with Crippen molar-refractivity contribution < 1.29 is 9.18 Å². The highest BCUT2D eigenvalue weighted by Gasteiger charge is 2.31. The first kappa shape index (κ1) is 23.0. The Kier molecular flexibility index (Phi) is 6.24. The van der Waals surface area contributed by atoms with Crippen LogP contribution in [0.2, 0.25) is 0 Å². The molecule has 0 unspecified atom stereocenters. The molecule has 1 aromatic heterocycles. The number of carbonyl (C=O) groups is 1. The number of rotatable bonds is 4. The fourth-order valence-electron chi connectivity index (χ4n) is 4.88. The second-order valence-electron chi connectivity index (χ2n) is 9.48. The molecule has 1 N–H and O–H groups in total. The van der Waals surface area contributed by atoms with Crippen molar-refractivity contribution in [1.82, 2.24) is 20.2 Å². The molecule has 0 spiro atoms. The number of aryl methyl sites for hydroxylation is 1. The van der Waals surface area contributed by atoms with Crippen molar-refractivity contribution in [3.05, 3.63) is 88.6 Å². The van der Waals surface area contributed by atoms with Crippen LogP contribution in [0.4, 0.5) is 15.0 Å². The summed E-state index contributed by atoms with van der Waals surface area (Å²) in [5, 5.41) is 3.05. The summed E-state index contributed by atoms with van der Waals surface area (Å²) in [7, 11) is 0. The lowest BCUT2D eigenvalue weighted by Gasteiger charge is -2.41. The third kappa shape index (κ3) is 4.76. The van der Waals surface area contributed by atoms with Crippen molar-refractivity contribution in [1.29, 1.82) is 0 Å². The molecule has 6 nitrogen and oxygen atoms in total. The van der Waals surface area contributed by atoms with Gasteiger partial charge in [0.15, 0.2) is 0 Å². The molecule has 3 aromatic rings. The lowest BCUT2D eigenvalue weighted by molar-refractivity contribution is 0.168. The second kappa shape index (κ2) is 9.49. The number of fused-ring (bicyclic) bond motifs is 1. The smallest absolute Gasteiger partial charge is 0.318 e. The zero-order chi connectivity index (χ0) is 24.5. The molecule has 2 aromatic carbocycles. The first-order chi connectivity index (χ1) is 16.9. The summed E-state index contributed by atoms with van der Waals surface area (Å²) in [6, 6.07) is 14.5. The first-order valence-corrected chi connectivity index (χ1v) is 12.1. The van der Waals surface area contributed by atoms with Crippen LogP contribution in [0.3, 0.4) is 0 Å². The fourth-order valence-corrected chi connectivity index (χ4v) is 4.88. The molecule has 2 atom stereocenters. The van der Waals surface area contributed by atoms with E-state index in [0.29, 0.717) is 19.6 Å². The van der Waals surface area contributed by atoms with Crippen LogP contribution in [0.15, 0.2) is 54.9 Å². The molecule has 180 valence electrons. The number of anilines is 1. The van der Waals surface area contributed by atoms with Gasteiger partial charge in [0.2, 0.25) is 0 Å². The van der Waals surface area contributed by atoms with Crippen LogP contribution >= 0.6 is 0 Å². The van der Waals surface area contributed by atoms with E-state index >= 15 is 0 Å². The van der Waals surface area contributed by atoms with Gasteiger partial charge in [-0.15, -0.1) is 0 Å². The third-order valence-corrected chi connectivity index (χ3v) is 6.94. The minimum atomic E-state index is -0.283. The molecule has 0 radical (unpaired) electrons. The number of aromatic nitrogens is 2. The molecule has 1 saturated heterocycles. The Morgan fingerprint density at radius 1 is 1.09 bits per heavy atom. The normalized spacial score (nSPS) is 18.2. The van der Waals surface area contributed by atoms with E-state index in [9.17, 15) is 9.18 Å². The van der Waals surface area contributed by atoms with Crippen LogP contribution in [0, 0.1) is 12.7 Å². The van der Waals surface area contributed by atoms with Crippen LogP contribution in [-0.4, -0.2) is 46.6 Å². The standard InChI is InChI=1S/C28H30FN5O/c1-18-4-6-22(7-5-18)23-14-25-26(15-23)30-17-31-27(25)33-12-13-34(19(2)16-33)28(35)32-20(3)21-8-10-24(29)11-9-21/h4-11,14,17,19-20H,12-13,15-16H2,1-3H3,(H,32,35)/t19-,20+/m1/s1. The monoisotopic (exact) mass is 471 g/mol. The maximum atomic E-state index is 13.2. The predicted octanol–water partition coefficient (Wildman–Crippen LogP) is 5.00. The van der Waals surface area contributed by atoms with Gasteiger partial charge in [-0.3, -0.25) is 0 Å². The van der Waals surface area contributed by atoms with Gasteiger partial charge < -0.3 is 15.1 Å². The number of amides is 2. The summed E-state index contributed by atoms with van der Waals surface area (Å²) in [6.07, 6.45) is 4.66. The van der Waals surface area contributed by atoms with Gasteiger partial charge in [-0.25, -0.2) is 19.2 Å². The molecule has 1 aliphatic heterocycles. The Morgan fingerprint density at radius 2 is 1.83 bits per heavy atom. The van der Waals surface area contributed by atoms with E-state index in [1.165, 1.54) is 28.8 Å². The predicted molar refractivity (Wildman–Crippen MR) is 137 cm³/mol. The summed E-state index contributed by atoms with van der Waals surface area (Å²) in [6.45, 7) is 8.04. The van der Waals surface area contributed by atoms with Crippen molar-refractivity contribution in [2.45, 2.75) is 39.3 Å². The first-order valence-electron chi connectivity index (χ1n) is 12.1. The van der Waals surface area contributed by atoms with Gasteiger partial charge in [-0.1, -0.05) is 42.0 Å². The van der Waals surface area contributed by atoms with Gasteiger partial charge >= 0.3 is 6.03 Å². The largest absolute Gasteiger partial charge is 0.352 e. The molecule has 35 heavy (non-hydrogen) atoms. The minimum Gasteiger partial charge on any atom is -0.352 e. The van der Waals surface area contributed by atoms with E-state index in [2.05, 4.69) is 64.4 Å². The van der Waals surface area contributed by atoms with Gasteiger partial charge in [0, 0.05) is 37.7 Å². The summed E-state index contributed by atoms with van der Waals surface area (Å²) in [5.74, 6) is 0.651. The van der Waals surface area contributed by atoms with Crippen molar-refractivity contribution in [2.24, 2.45) is 0 Å². The third-order valence-electron chi connectivity index (χ3n) is 6.94.